The smallest absolute Gasteiger partial charge is 0.252 e. The van der Waals surface area contributed by atoms with Gasteiger partial charge in [0.25, 0.3) is 5.91 Å². The molecule has 2 aromatic carbocycles. The number of benzene rings is 2. The summed E-state index contributed by atoms with van der Waals surface area (Å²) in [6, 6.07) is 16.0. The number of allylic oxidation sites excluding steroid dienone is 2. The molecule has 4 heteroatoms. The lowest BCUT2D eigenvalue weighted by Crippen LogP contribution is -2.20. The zero-order chi connectivity index (χ0) is 20.4. The molecule has 1 aliphatic rings. The minimum absolute atomic E-state index is 0.0195. The third kappa shape index (κ3) is 5.13. The maximum Gasteiger partial charge on any atom is 0.252 e. The van der Waals surface area contributed by atoms with Gasteiger partial charge < -0.3 is 16.4 Å². The number of nitrogens with one attached hydrogen (secondary N) is 2. The van der Waals surface area contributed by atoms with Gasteiger partial charge in [0.2, 0.25) is 0 Å². The van der Waals surface area contributed by atoms with E-state index in [1.807, 2.05) is 56.5 Å². The molecule has 146 valence electrons. The van der Waals surface area contributed by atoms with Crippen molar-refractivity contribution in [2.24, 2.45) is 5.73 Å². The van der Waals surface area contributed by atoms with E-state index in [4.69, 9.17) is 5.73 Å². The van der Waals surface area contributed by atoms with Gasteiger partial charge in [0.1, 0.15) is 0 Å². The van der Waals surface area contributed by atoms with E-state index in [1.165, 1.54) is 5.56 Å². The molecule has 0 spiro atoms. The van der Waals surface area contributed by atoms with Gasteiger partial charge in [-0.3, -0.25) is 4.79 Å². The molecule has 0 saturated heterocycles. The molecule has 3 rings (SSSR count). The number of carbonyl (C=O) groups excluding carboxylic acids is 1. The molecule has 28 heavy (non-hydrogen) atoms. The molecule has 0 fully saturated rings. The number of nitrogens with two attached hydrogens (primary N) is 1. The molecule has 2 aromatic rings. The minimum atomic E-state index is -0.0262. The average molecular weight is 376 g/mol. The van der Waals surface area contributed by atoms with E-state index >= 15 is 0 Å². The van der Waals surface area contributed by atoms with Crippen molar-refractivity contribution in [3.05, 3.63) is 102 Å². The van der Waals surface area contributed by atoms with Crippen molar-refractivity contribution in [2.45, 2.75) is 26.3 Å². The summed E-state index contributed by atoms with van der Waals surface area (Å²) >= 11 is 0. The highest BCUT2D eigenvalue weighted by molar-refractivity contribution is 5.99. The zero-order valence-corrected chi connectivity index (χ0v) is 16.6. The molecule has 1 aliphatic heterocycles. The first-order chi connectivity index (χ1) is 13.7. The van der Waals surface area contributed by atoms with Crippen LogP contribution in [0.25, 0.3) is 5.57 Å². The van der Waals surface area contributed by atoms with Crippen molar-refractivity contribution < 1.29 is 4.79 Å². The summed E-state index contributed by atoms with van der Waals surface area (Å²) in [5.41, 5.74) is 10.6. The third-order valence-corrected chi connectivity index (χ3v) is 4.42. The predicted molar refractivity (Wildman–Crippen MR) is 118 cm³/mol. The Morgan fingerprint density at radius 1 is 1.21 bits per heavy atom. The normalized spacial score (nSPS) is 15.4. The molecule has 1 amide bonds. The van der Waals surface area contributed by atoms with Crippen LogP contribution in [0.5, 0.6) is 0 Å². The maximum atomic E-state index is 12.3. The second-order valence-electron chi connectivity index (χ2n) is 6.17. The highest BCUT2D eigenvalue weighted by Crippen LogP contribution is 2.31. The number of hydrogen-bond acceptors (Lipinski definition) is 3. The van der Waals surface area contributed by atoms with Gasteiger partial charge in [-0.25, -0.2) is 0 Å². The molecule has 0 bridgehead atoms. The molecule has 0 aliphatic carbocycles. The molecule has 0 radical (unpaired) electrons. The van der Waals surface area contributed by atoms with Crippen LogP contribution in [-0.2, 0) is 6.42 Å². The van der Waals surface area contributed by atoms with Gasteiger partial charge in [0.05, 0.1) is 6.04 Å². The van der Waals surface area contributed by atoms with Crippen LogP contribution in [0, 0.1) is 0 Å². The first kappa shape index (κ1) is 21.0. The molecule has 1 atom stereocenters. The molecule has 4 nitrogen and oxygen atoms in total. The molecule has 4 N–H and O–H groups in total. The van der Waals surface area contributed by atoms with Crippen LogP contribution < -0.4 is 16.4 Å². The second-order valence-corrected chi connectivity index (χ2v) is 6.17. The van der Waals surface area contributed by atoms with Crippen LogP contribution in [0.2, 0.25) is 0 Å². The van der Waals surface area contributed by atoms with Crippen LogP contribution in [0.4, 0.5) is 0 Å². The Kier molecular flexibility index (Phi) is 8.10. The second kappa shape index (κ2) is 10.8. The number of rotatable bonds is 7. The highest BCUT2D eigenvalue weighted by Gasteiger charge is 2.28. The molecular formula is C24H29N3O. The fourth-order valence-electron chi connectivity index (χ4n) is 3.11. The first-order valence-corrected chi connectivity index (χ1v) is 9.64. The van der Waals surface area contributed by atoms with Crippen molar-refractivity contribution in [2.75, 3.05) is 6.54 Å². The quantitative estimate of drug-likeness (QED) is 0.383. The summed E-state index contributed by atoms with van der Waals surface area (Å²) < 4.78 is 0. The van der Waals surface area contributed by atoms with Crippen molar-refractivity contribution in [1.29, 1.82) is 0 Å². The van der Waals surface area contributed by atoms with E-state index in [9.17, 15) is 4.79 Å². The fraction of sp³-hybridized carbons (Fsp3) is 0.208. The van der Waals surface area contributed by atoms with Crippen LogP contribution >= 0.6 is 0 Å². The van der Waals surface area contributed by atoms with E-state index in [0.29, 0.717) is 6.54 Å². The van der Waals surface area contributed by atoms with Crippen molar-refractivity contribution >= 4 is 11.5 Å². The zero-order valence-electron chi connectivity index (χ0n) is 16.6. The lowest BCUT2D eigenvalue weighted by molar-refractivity contribution is 0.0956. The Morgan fingerprint density at radius 2 is 1.96 bits per heavy atom. The molecule has 1 unspecified atom stereocenters. The minimum Gasteiger partial charge on any atom is -0.404 e. The van der Waals surface area contributed by atoms with Crippen molar-refractivity contribution in [3.8, 4) is 0 Å². The van der Waals surface area contributed by atoms with Gasteiger partial charge in [-0.05, 0) is 53.1 Å². The highest BCUT2D eigenvalue weighted by atomic mass is 16.2. The average Bonchev–Trinajstić information content (AvgIpc) is 3.05. The fourth-order valence-corrected chi connectivity index (χ4v) is 3.11. The number of carbonyl (C=O) groups is 1. The molecule has 1 heterocycles. The summed E-state index contributed by atoms with van der Waals surface area (Å²) in [4.78, 5) is 12.3. The third-order valence-electron chi connectivity index (χ3n) is 4.42. The van der Waals surface area contributed by atoms with Gasteiger partial charge in [-0.2, -0.15) is 0 Å². The lowest BCUT2D eigenvalue weighted by atomic mass is 9.94. The largest absolute Gasteiger partial charge is 0.404 e. The Labute approximate surface area is 167 Å². The van der Waals surface area contributed by atoms with E-state index in [0.717, 1.165) is 28.7 Å². The number of fused-ring (bicyclic) bond motifs is 1. The van der Waals surface area contributed by atoms with Crippen molar-refractivity contribution in [1.82, 2.24) is 10.6 Å². The topological polar surface area (TPSA) is 67.2 Å². The SMILES string of the molecule is C=CCN/C=C/C(=C\N)c1ccc2c(c1)C(Cc1ccccc1)NC2=O.CC. The summed E-state index contributed by atoms with van der Waals surface area (Å²) in [5.74, 6) is -0.0195. The Bertz CT molecular complexity index is 853. The van der Waals surface area contributed by atoms with Crippen LogP contribution in [0.1, 0.15) is 46.9 Å². The number of hydrogen-bond donors (Lipinski definition) is 3. The van der Waals surface area contributed by atoms with Crippen LogP contribution in [0.15, 0.2) is 79.7 Å². The van der Waals surface area contributed by atoms with Crippen LogP contribution in [-0.4, -0.2) is 12.5 Å². The van der Waals surface area contributed by atoms with E-state index in [2.05, 4.69) is 35.4 Å². The summed E-state index contributed by atoms with van der Waals surface area (Å²) in [6.07, 6.45) is 7.89. The monoisotopic (exact) mass is 375 g/mol. The standard InChI is InChI=1S/C22H23N3O.C2H6/c1-2-11-24-12-10-18(15-23)17-8-9-19-20(14-17)21(25-22(19)26)13-16-6-4-3-5-7-16;1-2/h2-10,12,14-15,21,24H,1,11,13,23H2,(H,25,26);1-2H3/b12-10+,18-15+;. The van der Waals surface area contributed by atoms with Crippen molar-refractivity contribution in [3.63, 3.8) is 0 Å². The van der Waals surface area contributed by atoms with Crippen LogP contribution in [0.3, 0.4) is 0 Å². The lowest BCUT2D eigenvalue weighted by Gasteiger charge is -2.13. The van der Waals surface area contributed by atoms with Gasteiger partial charge in [0.15, 0.2) is 0 Å². The van der Waals surface area contributed by atoms with E-state index in [-0.39, 0.29) is 11.9 Å². The van der Waals surface area contributed by atoms with Gasteiger partial charge in [0, 0.05) is 18.3 Å². The summed E-state index contributed by atoms with van der Waals surface area (Å²) in [6.45, 7) is 8.36. The first-order valence-electron chi connectivity index (χ1n) is 9.64. The van der Waals surface area contributed by atoms with E-state index < -0.39 is 0 Å². The molecule has 0 aromatic heterocycles. The Morgan fingerprint density at radius 3 is 2.64 bits per heavy atom. The molecular weight excluding hydrogens is 346 g/mol. The maximum absolute atomic E-state index is 12.3. The van der Waals surface area contributed by atoms with Gasteiger partial charge >= 0.3 is 0 Å². The molecule has 0 saturated carbocycles. The summed E-state index contributed by atoms with van der Waals surface area (Å²) in [5, 5.41) is 6.19. The Hall–Kier alpha value is -3.27. The Balaban J connectivity index is 0.00000136. The van der Waals surface area contributed by atoms with Gasteiger partial charge in [-0.1, -0.05) is 56.3 Å². The van der Waals surface area contributed by atoms with Gasteiger partial charge in [-0.15, -0.1) is 6.58 Å². The van der Waals surface area contributed by atoms with E-state index in [1.54, 1.807) is 12.3 Å². The number of amides is 1. The summed E-state index contributed by atoms with van der Waals surface area (Å²) in [7, 11) is 0. The predicted octanol–water partition coefficient (Wildman–Crippen LogP) is 4.33.